The Balaban J connectivity index is 1.86. The van der Waals surface area contributed by atoms with E-state index in [4.69, 9.17) is 0 Å². The summed E-state index contributed by atoms with van der Waals surface area (Å²) in [4.78, 5) is 2.80. The van der Waals surface area contributed by atoms with Gasteiger partial charge >= 0.3 is 0 Å². The number of thiophene rings is 1. The van der Waals surface area contributed by atoms with Crippen LogP contribution in [0.3, 0.4) is 0 Å². The molecule has 18 heavy (non-hydrogen) atoms. The maximum Gasteiger partial charge on any atom is 0.0388 e. The molecular weight excluding hydrogens is 240 g/mol. The van der Waals surface area contributed by atoms with Gasteiger partial charge in [0.05, 0.1) is 0 Å². The smallest absolute Gasteiger partial charge is 0.0388 e. The van der Waals surface area contributed by atoms with Gasteiger partial charge in [-0.3, -0.25) is 0 Å². The van der Waals surface area contributed by atoms with Crippen molar-refractivity contribution in [1.82, 2.24) is 9.88 Å². The topological polar surface area (TPSA) is 17.0 Å². The predicted octanol–water partition coefficient (Wildman–Crippen LogP) is 4.12. The van der Waals surface area contributed by atoms with Crippen molar-refractivity contribution in [3.8, 4) is 0 Å². The Morgan fingerprint density at radius 1 is 1.33 bits per heavy atom. The normalized spacial score (nSPS) is 12.8. The monoisotopic (exact) mass is 262 g/mol. The fourth-order valence-electron chi connectivity index (χ4n) is 2.05. The summed E-state index contributed by atoms with van der Waals surface area (Å²) in [6, 6.07) is 7.04. The van der Waals surface area contributed by atoms with Crippen LogP contribution in [0.2, 0.25) is 0 Å². The van der Waals surface area contributed by atoms with Gasteiger partial charge < -0.3 is 9.88 Å². The van der Waals surface area contributed by atoms with E-state index in [0.29, 0.717) is 6.04 Å². The van der Waals surface area contributed by atoms with Crippen LogP contribution in [0, 0.1) is 6.92 Å². The van der Waals surface area contributed by atoms with Crippen molar-refractivity contribution in [1.29, 1.82) is 0 Å². The summed E-state index contributed by atoms with van der Waals surface area (Å²) in [5, 5.41) is 3.58. The van der Waals surface area contributed by atoms with E-state index in [-0.39, 0.29) is 0 Å². The molecule has 0 saturated heterocycles. The molecule has 1 unspecified atom stereocenters. The Hall–Kier alpha value is -1.06. The van der Waals surface area contributed by atoms with Crippen molar-refractivity contribution < 1.29 is 0 Å². The van der Waals surface area contributed by atoms with Crippen molar-refractivity contribution in [2.24, 2.45) is 0 Å². The van der Waals surface area contributed by atoms with Crippen molar-refractivity contribution in [2.45, 2.75) is 46.3 Å². The molecule has 2 rings (SSSR count). The molecule has 1 atom stereocenters. The highest BCUT2D eigenvalue weighted by atomic mass is 32.1. The third kappa shape index (κ3) is 3.47. The van der Waals surface area contributed by atoms with Crippen molar-refractivity contribution in [3.63, 3.8) is 0 Å². The van der Waals surface area contributed by atoms with Crippen LogP contribution in [-0.4, -0.2) is 4.57 Å². The second kappa shape index (κ2) is 6.21. The largest absolute Gasteiger partial charge is 0.354 e. The number of aryl methyl sites for hydroxylation is 2. The van der Waals surface area contributed by atoms with E-state index in [1.807, 2.05) is 11.3 Å². The molecule has 2 aromatic rings. The lowest BCUT2D eigenvalue weighted by Gasteiger charge is -2.11. The quantitative estimate of drug-likeness (QED) is 0.828. The van der Waals surface area contributed by atoms with Gasteiger partial charge in [-0.15, -0.1) is 11.3 Å². The summed E-state index contributed by atoms with van der Waals surface area (Å²) in [5.41, 5.74) is 1.36. The summed E-state index contributed by atoms with van der Waals surface area (Å²) in [5.74, 6) is 0. The predicted molar refractivity (Wildman–Crippen MR) is 79.0 cm³/mol. The number of aromatic nitrogens is 1. The van der Waals surface area contributed by atoms with Gasteiger partial charge in [0.1, 0.15) is 0 Å². The second-order valence-electron chi connectivity index (χ2n) is 4.81. The molecule has 1 N–H and O–H groups in total. The average Bonchev–Trinajstić information content (AvgIpc) is 2.96. The average molecular weight is 262 g/mol. The molecule has 0 saturated carbocycles. The maximum absolute atomic E-state index is 3.58. The molecule has 3 heteroatoms. The van der Waals surface area contributed by atoms with Gasteiger partial charge in [-0.1, -0.05) is 6.92 Å². The van der Waals surface area contributed by atoms with Crippen LogP contribution < -0.4 is 5.32 Å². The van der Waals surface area contributed by atoms with E-state index in [0.717, 1.165) is 13.1 Å². The van der Waals surface area contributed by atoms with Crippen LogP contribution in [-0.2, 0) is 13.1 Å². The van der Waals surface area contributed by atoms with Crippen LogP contribution in [0.15, 0.2) is 30.6 Å². The van der Waals surface area contributed by atoms with E-state index in [1.165, 1.54) is 21.7 Å². The molecule has 0 fully saturated rings. The van der Waals surface area contributed by atoms with E-state index in [9.17, 15) is 0 Å². The Bertz CT molecular complexity index is 484. The molecule has 0 aliphatic rings. The third-order valence-corrected chi connectivity index (χ3v) is 4.28. The molecule has 0 bridgehead atoms. The SMILES string of the molecule is CCCn1ccc(CNC(C)c2ccc(C)s2)c1. The van der Waals surface area contributed by atoms with Crippen molar-refractivity contribution >= 4 is 11.3 Å². The lowest BCUT2D eigenvalue weighted by Crippen LogP contribution is -2.16. The standard InChI is InChI=1S/C15H22N2S/c1-4-8-17-9-7-14(11-17)10-16-13(3)15-6-5-12(2)18-15/h5-7,9,11,13,16H,4,8,10H2,1-3H3. The Kier molecular flexibility index (Phi) is 4.61. The molecular formula is C15H22N2S. The Labute approximate surface area is 114 Å². The highest BCUT2D eigenvalue weighted by molar-refractivity contribution is 7.12. The number of hydrogen-bond acceptors (Lipinski definition) is 2. The molecule has 0 aromatic carbocycles. The first-order valence-electron chi connectivity index (χ1n) is 6.63. The number of nitrogens with zero attached hydrogens (tertiary/aromatic N) is 1. The van der Waals surface area contributed by atoms with Crippen LogP contribution in [0.25, 0.3) is 0 Å². The van der Waals surface area contributed by atoms with E-state index in [2.05, 4.69) is 61.2 Å². The van der Waals surface area contributed by atoms with Crippen LogP contribution in [0.1, 0.15) is 41.6 Å². The molecule has 0 spiro atoms. The molecule has 0 radical (unpaired) electrons. The van der Waals surface area contributed by atoms with Gasteiger partial charge in [0, 0.05) is 41.3 Å². The minimum Gasteiger partial charge on any atom is -0.354 e. The second-order valence-corrected chi connectivity index (χ2v) is 6.13. The molecule has 2 nitrogen and oxygen atoms in total. The zero-order valence-corrected chi connectivity index (χ0v) is 12.3. The van der Waals surface area contributed by atoms with Gasteiger partial charge in [-0.2, -0.15) is 0 Å². The summed E-state index contributed by atoms with van der Waals surface area (Å²) < 4.78 is 2.26. The van der Waals surface area contributed by atoms with E-state index >= 15 is 0 Å². The summed E-state index contributed by atoms with van der Waals surface area (Å²) in [7, 11) is 0. The molecule has 98 valence electrons. The molecule has 0 aliphatic carbocycles. The highest BCUT2D eigenvalue weighted by Gasteiger charge is 2.07. The van der Waals surface area contributed by atoms with Gasteiger partial charge in [0.25, 0.3) is 0 Å². The fraction of sp³-hybridized carbons (Fsp3) is 0.467. The number of nitrogens with one attached hydrogen (secondary N) is 1. The lowest BCUT2D eigenvalue weighted by atomic mass is 10.2. The summed E-state index contributed by atoms with van der Waals surface area (Å²) >= 11 is 1.88. The molecule has 2 aromatic heterocycles. The lowest BCUT2D eigenvalue weighted by molar-refractivity contribution is 0.581. The van der Waals surface area contributed by atoms with Crippen LogP contribution in [0.4, 0.5) is 0 Å². The van der Waals surface area contributed by atoms with Crippen LogP contribution in [0.5, 0.6) is 0 Å². The number of rotatable bonds is 6. The van der Waals surface area contributed by atoms with Crippen molar-refractivity contribution in [2.75, 3.05) is 0 Å². The zero-order chi connectivity index (χ0) is 13.0. The first-order valence-corrected chi connectivity index (χ1v) is 7.45. The maximum atomic E-state index is 3.58. The van der Waals surface area contributed by atoms with Gasteiger partial charge in [-0.25, -0.2) is 0 Å². The van der Waals surface area contributed by atoms with Crippen molar-refractivity contribution in [3.05, 3.63) is 45.9 Å². The molecule has 0 aliphatic heterocycles. The Morgan fingerprint density at radius 2 is 2.17 bits per heavy atom. The van der Waals surface area contributed by atoms with Gasteiger partial charge in [0.2, 0.25) is 0 Å². The minimum absolute atomic E-state index is 0.429. The summed E-state index contributed by atoms with van der Waals surface area (Å²) in [6.45, 7) is 8.65. The first-order chi connectivity index (χ1) is 8.69. The Morgan fingerprint density at radius 3 is 2.83 bits per heavy atom. The minimum atomic E-state index is 0.429. The third-order valence-electron chi connectivity index (χ3n) is 3.09. The van der Waals surface area contributed by atoms with E-state index < -0.39 is 0 Å². The first kappa shape index (κ1) is 13.4. The molecule has 0 amide bonds. The van der Waals surface area contributed by atoms with Gasteiger partial charge in [0.15, 0.2) is 0 Å². The number of hydrogen-bond donors (Lipinski definition) is 1. The summed E-state index contributed by atoms with van der Waals surface area (Å²) in [6.07, 6.45) is 5.59. The zero-order valence-electron chi connectivity index (χ0n) is 11.4. The molecule has 2 heterocycles. The van der Waals surface area contributed by atoms with Crippen LogP contribution >= 0.6 is 11.3 Å². The fourth-order valence-corrected chi connectivity index (χ4v) is 2.95. The van der Waals surface area contributed by atoms with E-state index in [1.54, 1.807) is 0 Å². The highest BCUT2D eigenvalue weighted by Crippen LogP contribution is 2.22. The van der Waals surface area contributed by atoms with Gasteiger partial charge in [-0.05, 0) is 44.0 Å².